The van der Waals surface area contributed by atoms with E-state index in [0.29, 0.717) is 0 Å². The van der Waals surface area contributed by atoms with E-state index in [0.717, 1.165) is 13.1 Å². The van der Waals surface area contributed by atoms with Crippen LogP contribution in [0.25, 0.3) is 10.1 Å². The molecule has 0 aliphatic carbocycles. The van der Waals surface area contributed by atoms with E-state index in [1.165, 1.54) is 53.9 Å². The first kappa shape index (κ1) is 13.1. The lowest BCUT2D eigenvalue weighted by Crippen LogP contribution is -2.24. The Morgan fingerprint density at radius 3 is 2.84 bits per heavy atom. The monoisotopic (exact) mass is 274 g/mol. The Kier molecular flexibility index (Phi) is 4.49. The number of rotatable bonds is 6. The Bertz CT molecular complexity index is 481. The molecule has 0 radical (unpaired) electrons. The van der Waals surface area contributed by atoms with Crippen molar-refractivity contribution in [2.45, 2.75) is 25.8 Å². The third-order valence-corrected chi connectivity index (χ3v) is 4.92. The number of nitrogens with zero attached hydrogens (tertiary/aromatic N) is 1. The van der Waals surface area contributed by atoms with Gasteiger partial charge >= 0.3 is 0 Å². The first-order valence-corrected chi connectivity index (χ1v) is 8.14. The second-order valence-corrected chi connectivity index (χ2v) is 6.50. The van der Waals surface area contributed by atoms with E-state index in [4.69, 9.17) is 0 Å². The van der Waals surface area contributed by atoms with Gasteiger partial charge in [-0.1, -0.05) is 18.2 Å². The molecule has 1 saturated heterocycles. The molecule has 1 aromatic carbocycles. The van der Waals surface area contributed by atoms with Gasteiger partial charge in [-0.05, 0) is 63.0 Å². The fraction of sp³-hybridized carbons (Fsp3) is 0.500. The van der Waals surface area contributed by atoms with Crippen LogP contribution in [0.3, 0.4) is 0 Å². The Morgan fingerprint density at radius 1 is 1.16 bits per heavy atom. The highest BCUT2D eigenvalue weighted by Gasteiger charge is 2.09. The van der Waals surface area contributed by atoms with Crippen LogP contribution in [0, 0.1) is 0 Å². The summed E-state index contributed by atoms with van der Waals surface area (Å²) in [5.41, 5.74) is 0. The van der Waals surface area contributed by atoms with E-state index in [2.05, 4.69) is 40.5 Å². The van der Waals surface area contributed by atoms with Crippen molar-refractivity contribution in [3.63, 3.8) is 0 Å². The summed E-state index contributed by atoms with van der Waals surface area (Å²) in [6.07, 6.45) is 4.06. The van der Waals surface area contributed by atoms with Gasteiger partial charge in [0.15, 0.2) is 0 Å². The van der Waals surface area contributed by atoms with Crippen molar-refractivity contribution >= 4 is 21.4 Å². The molecule has 19 heavy (non-hydrogen) atoms. The van der Waals surface area contributed by atoms with Gasteiger partial charge in [-0.3, -0.25) is 0 Å². The molecule has 0 unspecified atom stereocenters. The molecule has 0 bridgehead atoms. The van der Waals surface area contributed by atoms with Crippen LogP contribution in [0.15, 0.2) is 30.3 Å². The normalized spacial score (nSPS) is 16.4. The molecule has 0 amide bonds. The summed E-state index contributed by atoms with van der Waals surface area (Å²) < 4.78 is 1.40. The third kappa shape index (κ3) is 3.56. The molecular weight excluding hydrogens is 252 g/mol. The highest BCUT2D eigenvalue weighted by Crippen LogP contribution is 2.24. The molecule has 2 nitrogen and oxygen atoms in total. The van der Waals surface area contributed by atoms with Gasteiger partial charge in [-0.2, -0.15) is 0 Å². The third-order valence-electron chi connectivity index (χ3n) is 3.80. The number of benzene rings is 1. The van der Waals surface area contributed by atoms with E-state index in [9.17, 15) is 0 Å². The summed E-state index contributed by atoms with van der Waals surface area (Å²) in [5, 5.41) is 4.95. The maximum atomic E-state index is 3.57. The van der Waals surface area contributed by atoms with Crippen molar-refractivity contribution in [1.82, 2.24) is 10.2 Å². The number of thiophene rings is 1. The standard InChI is InChI=1S/C16H22N2S/c1-2-7-16-14(6-1)12-15(19-16)13-17-8-5-11-18-9-3-4-10-18/h1-2,6-7,12,17H,3-5,8-11,13H2. The Balaban J connectivity index is 1.39. The lowest BCUT2D eigenvalue weighted by molar-refractivity contribution is 0.331. The highest BCUT2D eigenvalue weighted by molar-refractivity contribution is 7.19. The molecule has 0 atom stereocenters. The fourth-order valence-electron chi connectivity index (χ4n) is 2.77. The van der Waals surface area contributed by atoms with E-state index in [1.54, 1.807) is 0 Å². The average Bonchev–Trinajstić information content (AvgIpc) is 3.06. The zero-order chi connectivity index (χ0) is 12.9. The second-order valence-electron chi connectivity index (χ2n) is 5.33. The Labute approximate surface area is 119 Å². The van der Waals surface area contributed by atoms with E-state index >= 15 is 0 Å². The molecule has 2 aromatic rings. The van der Waals surface area contributed by atoms with Gasteiger partial charge < -0.3 is 10.2 Å². The number of fused-ring (bicyclic) bond motifs is 1. The van der Waals surface area contributed by atoms with Crippen molar-refractivity contribution in [3.8, 4) is 0 Å². The zero-order valence-corrected chi connectivity index (χ0v) is 12.2. The van der Waals surface area contributed by atoms with Crippen LogP contribution in [-0.2, 0) is 6.54 Å². The van der Waals surface area contributed by atoms with Crippen LogP contribution >= 0.6 is 11.3 Å². The van der Waals surface area contributed by atoms with E-state index in [1.807, 2.05) is 11.3 Å². The molecular formula is C16H22N2S. The maximum Gasteiger partial charge on any atom is 0.0346 e. The molecule has 3 heteroatoms. The predicted octanol–water partition coefficient (Wildman–Crippen LogP) is 3.48. The summed E-state index contributed by atoms with van der Waals surface area (Å²) in [5.74, 6) is 0. The van der Waals surface area contributed by atoms with E-state index in [-0.39, 0.29) is 0 Å². The van der Waals surface area contributed by atoms with Crippen molar-refractivity contribution in [2.75, 3.05) is 26.2 Å². The van der Waals surface area contributed by atoms with Crippen LogP contribution in [0.1, 0.15) is 24.1 Å². The van der Waals surface area contributed by atoms with Crippen molar-refractivity contribution in [3.05, 3.63) is 35.2 Å². The highest BCUT2D eigenvalue weighted by atomic mass is 32.1. The van der Waals surface area contributed by atoms with Crippen molar-refractivity contribution < 1.29 is 0 Å². The smallest absolute Gasteiger partial charge is 0.0346 e. The number of hydrogen-bond donors (Lipinski definition) is 1. The SMILES string of the molecule is c1ccc2sc(CNCCCN3CCCC3)cc2c1. The van der Waals surface area contributed by atoms with Gasteiger partial charge in [-0.15, -0.1) is 11.3 Å². The Hall–Kier alpha value is -0.900. The summed E-state index contributed by atoms with van der Waals surface area (Å²) >= 11 is 1.91. The van der Waals surface area contributed by atoms with E-state index < -0.39 is 0 Å². The van der Waals surface area contributed by atoms with Crippen LogP contribution in [0.4, 0.5) is 0 Å². The van der Waals surface area contributed by atoms with Crippen molar-refractivity contribution in [2.24, 2.45) is 0 Å². The number of nitrogens with one attached hydrogen (secondary N) is 1. The van der Waals surface area contributed by atoms with Gasteiger partial charge in [0.05, 0.1) is 0 Å². The first-order valence-electron chi connectivity index (χ1n) is 7.32. The minimum atomic E-state index is 1.01. The van der Waals surface area contributed by atoms with Gasteiger partial charge in [0.25, 0.3) is 0 Å². The average molecular weight is 274 g/mol. The molecule has 1 aliphatic rings. The van der Waals surface area contributed by atoms with Crippen LogP contribution in [0.5, 0.6) is 0 Å². The topological polar surface area (TPSA) is 15.3 Å². The molecule has 102 valence electrons. The zero-order valence-electron chi connectivity index (χ0n) is 11.4. The van der Waals surface area contributed by atoms with Gasteiger partial charge in [-0.25, -0.2) is 0 Å². The minimum absolute atomic E-state index is 1.01. The largest absolute Gasteiger partial charge is 0.312 e. The van der Waals surface area contributed by atoms with Gasteiger partial charge in [0.1, 0.15) is 0 Å². The van der Waals surface area contributed by atoms with Crippen LogP contribution in [-0.4, -0.2) is 31.1 Å². The summed E-state index contributed by atoms with van der Waals surface area (Å²) in [6.45, 7) is 6.04. The number of likely N-dealkylation sites (tertiary alicyclic amines) is 1. The fourth-order valence-corrected chi connectivity index (χ4v) is 3.80. The molecule has 0 spiro atoms. The molecule has 0 saturated carbocycles. The van der Waals surface area contributed by atoms with Crippen LogP contribution < -0.4 is 5.32 Å². The predicted molar refractivity (Wildman–Crippen MR) is 83.8 cm³/mol. The van der Waals surface area contributed by atoms with Gasteiger partial charge in [0, 0.05) is 16.1 Å². The molecule has 3 rings (SSSR count). The lowest BCUT2D eigenvalue weighted by Gasteiger charge is -2.14. The summed E-state index contributed by atoms with van der Waals surface area (Å²) in [7, 11) is 0. The molecule has 2 heterocycles. The van der Waals surface area contributed by atoms with Crippen LogP contribution in [0.2, 0.25) is 0 Å². The molecule has 1 aromatic heterocycles. The lowest BCUT2D eigenvalue weighted by atomic mass is 10.2. The Morgan fingerprint density at radius 2 is 2.00 bits per heavy atom. The maximum absolute atomic E-state index is 3.57. The first-order chi connectivity index (χ1) is 9.42. The second kappa shape index (κ2) is 6.51. The quantitative estimate of drug-likeness (QED) is 0.811. The molecule has 1 fully saturated rings. The summed E-state index contributed by atoms with van der Waals surface area (Å²) in [6, 6.07) is 10.9. The summed E-state index contributed by atoms with van der Waals surface area (Å²) in [4.78, 5) is 4.03. The molecule has 1 N–H and O–H groups in total. The number of hydrogen-bond acceptors (Lipinski definition) is 3. The molecule has 1 aliphatic heterocycles. The van der Waals surface area contributed by atoms with Crippen molar-refractivity contribution in [1.29, 1.82) is 0 Å². The minimum Gasteiger partial charge on any atom is -0.312 e. The van der Waals surface area contributed by atoms with Gasteiger partial charge in [0.2, 0.25) is 0 Å².